The predicted molar refractivity (Wildman–Crippen MR) is 169 cm³/mol. The number of hydrogen-bond acceptors (Lipinski definition) is 5. The van der Waals surface area contributed by atoms with Crippen LogP contribution in [0.1, 0.15) is 49.9 Å². The fourth-order valence-corrected chi connectivity index (χ4v) is 4.28. The summed E-state index contributed by atoms with van der Waals surface area (Å²) in [6, 6.07) is 33.3. The molecule has 0 saturated heterocycles. The zero-order valence-corrected chi connectivity index (χ0v) is 24.4. The number of benzene rings is 4. The third kappa shape index (κ3) is 8.10. The Balaban J connectivity index is 0.000000376. The number of nitrogens with zero attached hydrogens (tertiary/aromatic N) is 4. The third-order valence-corrected chi connectivity index (χ3v) is 6.50. The van der Waals surface area contributed by atoms with Crippen LogP contribution in [0, 0.1) is 0 Å². The lowest BCUT2D eigenvalue weighted by Gasteiger charge is -2.28. The number of halogens is 1. The van der Waals surface area contributed by atoms with Crippen LogP contribution in [0.25, 0.3) is 0 Å². The molecule has 0 saturated carbocycles. The Morgan fingerprint density at radius 1 is 0.875 bits per heavy atom. The highest BCUT2D eigenvalue weighted by Crippen LogP contribution is 2.29. The molecular formula is C33H38ClN5O. The molecular weight excluding hydrogens is 518 g/mol. The van der Waals surface area contributed by atoms with Crippen LogP contribution in [0.5, 0.6) is 5.75 Å². The molecule has 0 atom stereocenters. The molecule has 0 unspecified atom stereocenters. The summed E-state index contributed by atoms with van der Waals surface area (Å²) in [5, 5.41) is 21.2. The van der Waals surface area contributed by atoms with Crippen molar-refractivity contribution in [3.8, 4) is 5.75 Å². The number of hydrazone groups is 2. The van der Waals surface area contributed by atoms with Gasteiger partial charge in [0.2, 0.25) is 0 Å². The lowest BCUT2D eigenvalue weighted by Crippen LogP contribution is -2.38. The first-order chi connectivity index (χ1) is 19.5. The second kappa shape index (κ2) is 15.3. The van der Waals surface area contributed by atoms with Crippen LogP contribution in [-0.4, -0.2) is 28.3 Å². The normalized spacial score (nSPS) is 12.6. The van der Waals surface area contributed by atoms with E-state index >= 15 is 0 Å². The molecule has 1 heterocycles. The monoisotopic (exact) mass is 555 g/mol. The molecule has 0 aromatic heterocycles. The molecule has 0 aliphatic carbocycles. The minimum Gasteiger partial charge on any atom is -0.508 e. The van der Waals surface area contributed by atoms with Crippen molar-refractivity contribution >= 4 is 28.8 Å². The maximum atomic E-state index is 9.60. The minimum absolute atomic E-state index is 0.236. The lowest BCUT2D eigenvalue weighted by molar-refractivity contribution is 0.290. The molecule has 40 heavy (non-hydrogen) atoms. The number of anilines is 1. The number of phenols is 1. The molecule has 5 rings (SSSR count). The number of rotatable bonds is 4. The average Bonchev–Trinajstić information content (AvgIpc) is 3.17. The number of para-hydroxylation sites is 1. The molecule has 0 radical (unpaired) electrons. The van der Waals surface area contributed by atoms with E-state index in [4.69, 9.17) is 22.5 Å². The third-order valence-electron chi connectivity index (χ3n) is 6.24. The van der Waals surface area contributed by atoms with Crippen molar-refractivity contribution in [3.63, 3.8) is 0 Å². The zero-order valence-electron chi connectivity index (χ0n) is 23.6. The van der Waals surface area contributed by atoms with Crippen molar-refractivity contribution in [3.05, 3.63) is 130 Å². The Morgan fingerprint density at radius 3 is 2.10 bits per heavy atom. The molecule has 1 aliphatic rings. The summed E-state index contributed by atoms with van der Waals surface area (Å²) >= 11 is 6.11. The Bertz CT molecular complexity index is 1390. The van der Waals surface area contributed by atoms with Gasteiger partial charge in [0.25, 0.3) is 0 Å². The quantitative estimate of drug-likeness (QED) is 0.117. The van der Waals surface area contributed by atoms with Crippen molar-refractivity contribution in [2.24, 2.45) is 16.0 Å². The highest BCUT2D eigenvalue weighted by atomic mass is 35.5. The Labute approximate surface area is 243 Å². The van der Waals surface area contributed by atoms with Gasteiger partial charge in [-0.25, -0.2) is 0 Å². The molecule has 0 spiro atoms. The number of fused-ring (bicyclic) bond motifs is 1. The van der Waals surface area contributed by atoms with Crippen molar-refractivity contribution in [1.82, 2.24) is 5.01 Å². The largest absolute Gasteiger partial charge is 0.508 e. The van der Waals surface area contributed by atoms with Gasteiger partial charge in [-0.2, -0.15) is 10.2 Å². The van der Waals surface area contributed by atoms with E-state index in [-0.39, 0.29) is 5.75 Å². The number of aromatic hydroxyl groups is 1. The second-order valence-corrected chi connectivity index (χ2v) is 9.33. The number of amidine groups is 1. The summed E-state index contributed by atoms with van der Waals surface area (Å²) in [5.74, 6) is 6.56. The van der Waals surface area contributed by atoms with Crippen LogP contribution in [0.15, 0.2) is 113 Å². The van der Waals surface area contributed by atoms with Gasteiger partial charge in [-0.1, -0.05) is 105 Å². The van der Waals surface area contributed by atoms with Gasteiger partial charge in [-0.05, 0) is 54.8 Å². The van der Waals surface area contributed by atoms with Gasteiger partial charge in [0.15, 0.2) is 0 Å². The van der Waals surface area contributed by atoms with E-state index in [0.717, 1.165) is 34.5 Å². The molecule has 1 aliphatic heterocycles. The number of aryl methyl sites for hydroxylation is 1. The highest BCUT2D eigenvalue weighted by molar-refractivity contribution is 6.30. The Hall–Kier alpha value is -4.29. The summed E-state index contributed by atoms with van der Waals surface area (Å²) in [5.41, 5.74) is 6.20. The van der Waals surface area contributed by atoms with Crippen LogP contribution >= 0.6 is 11.6 Å². The van der Waals surface area contributed by atoms with E-state index in [1.807, 2.05) is 97.4 Å². The van der Waals surface area contributed by atoms with Crippen molar-refractivity contribution in [1.29, 1.82) is 0 Å². The Morgan fingerprint density at radius 2 is 1.50 bits per heavy atom. The summed E-state index contributed by atoms with van der Waals surface area (Å²) < 4.78 is 0. The molecule has 7 heteroatoms. The Kier molecular flexibility index (Phi) is 11.6. The van der Waals surface area contributed by atoms with Crippen LogP contribution in [0.3, 0.4) is 0 Å². The molecule has 0 amide bonds. The van der Waals surface area contributed by atoms with Crippen LogP contribution in [0.2, 0.25) is 5.02 Å². The van der Waals surface area contributed by atoms with E-state index in [1.54, 1.807) is 12.1 Å². The minimum atomic E-state index is 0.236. The molecule has 0 fully saturated rings. The van der Waals surface area contributed by atoms with Gasteiger partial charge >= 0.3 is 0 Å². The topological polar surface area (TPSA) is 77.5 Å². The number of phenolic OH excluding ortho intramolecular Hbond substituents is 1. The highest BCUT2D eigenvalue weighted by Gasteiger charge is 2.24. The maximum absolute atomic E-state index is 9.60. The van der Waals surface area contributed by atoms with Gasteiger partial charge in [0.05, 0.1) is 17.9 Å². The predicted octanol–water partition coefficient (Wildman–Crippen LogP) is 7.65. The van der Waals surface area contributed by atoms with Crippen molar-refractivity contribution < 1.29 is 5.11 Å². The first-order valence-corrected chi connectivity index (χ1v) is 13.9. The average molecular weight is 556 g/mol. The number of nitrogens with two attached hydrogens (primary N) is 1. The lowest BCUT2D eigenvalue weighted by atomic mass is 10.0. The second-order valence-electron chi connectivity index (χ2n) is 8.89. The molecule has 208 valence electrons. The molecule has 0 bridgehead atoms. The fraction of sp³-hybridized carbons (Fsp3) is 0.212. The van der Waals surface area contributed by atoms with Gasteiger partial charge in [-0.15, -0.1) is 0 Å². The molecule has 6 nitrogen and oxygen atoms in total. The maximum Gasteiger partial charge on any atom is 0.127 e. The first-order valence-electron chi connectivity index (χ1n) is 13.5. The van der Waals surface area contributed by atoms with Crippen LogP contribution < -0.4 is 10.7 Å². The van der Waals surface area contributed by atoms with E-state index in [1.165, 1.54) is 5.56 Å². The van der Waals surface area contributed by atoms with E-state index in [9.17, 15) is 5.11 Å². The van der Waals surface area contributed by atoms with E-state index < -0.39 is 0 Å². The zero-order chi connectivity index (χ0) is 28.9. The van der Waals surface area contributed by atoms with Crippen molar-refractivity contribution in [2.75, 3.05) is 11.6 Å². The number of hydrogen-bond donors (Lipinski definition) is 2. The van der Waals surface area contributed by atoms with Gasteiger partial charge < -0.3 is 15.8 Å². The molecule has 4 aromatic carbocycles. The summed E-state index contributed by atoms with van der Waals surface area (Å²) in [7, 11) is 0. The SMILES string of the molecule is C/C(=N/N)N1CN(Cc2ccc(O)cc2)N=C(c2ccc(Cl)cc2)c2ccccc21.CC.CCc1ccccc1. The van der Waals surface area contributed by atoms with E-state index in [2.05, 4.69) is 36.3 Å². The first kappa shape index (κ1) is 30.3. The standard InChI is InChI=1S/C23H22ClN5O.C8H10.C2H6/c1-16(26-25)29-15-28(14-17-6-12-20(30)13-7-17)27-23(18-8-10-19(24)11-9-18)21-4-2-3-5-22(21)29;1-2-8-6-4-3-5-7-8;1-2/h2-13,30H,14-15,25H2,1H3;3-7H,2H2,1H3;1-2H3/b26-16-;;. The van der Waals surface area contributed by atoms with Crippen LogP contribution in [-0.2, 0) is 13.0 Å². The smallest absolute Gasteiger partial charge is 0.127 e. The van der Waals surface area contributed by atoms with Crippen molar-refractivity contribution in [2.45, 2.75) is 40.7 Å². The summed E-state index contributed by atoms with van der Waals surface area (Å²) in [6.07, 6.45) is 1.14. The fourth-order valence-electron chi connectivity index (χ4n) is 4.15. The van der Waals surface area contributed by atoms with Gasteiger partial charge in [-0.3, -0.25) is 5.01 Å². The molecule has 4 aromatic rings. The molecule has 3 N–H and O–H groups in total. The summed E-state index contributed by atoms with van der Waals surface area (Å²) in [4.78, 5) is 2.04. The van der Waals surface area contributed by atoms with E-state index in [0.29, 0.717) is 24.1 Å². The van der Waals surface area contributed by atoms with Crippen LogP contribution in [0.4, 0.5) is 5.69 Å². The summed E-state index contributed by atoms with van der Waals surface area (Å²) in [6.45, 7) is 9.07. The van der Waals surface area contributed by atoms with Gasteiger partial charge in [0.1, 0.15) is 18.3 Å². The van der Waals surface area contributed by atoms with Gasteiger partial charge in [0, 0.05) is 16.1 Å².